The van der Waals surface area contributed by atoms with Gasteiger partial charge >= 0.3 is 0 Å². The highest BCUT2D eigenvalue weighted by molar-refractivity contribution is 6.24. The normalized spacial score (nSPS) is 17.4. The summed E-state index contributed by atoms with van der Waals surface area (Å²) in [6.07, 6.45) is 7.73. The highest BCUT2D eigenvalue weighted by Crippen LogP contribution is 2.52. The number of carbonyl (C=O) groups is 4. The molecule has 1 heterocycles. The van der Waals surface area contributed by atoms with Crippen LogP contribution in [0.3, 0.4) is 0 Å². The van der Waals surface area contributed by atoms with Gasteiger partial charge in [0, 0.05) is 54.4 Å². The number of allylic oxidation sites excluding steroid dienone is 7. The van der Waals surface area contributed by atoms with Crippen molar-refractivity contribution in [2.45, 2.75) is 139 Å². The summed E-state index contributed by atoms with van der Waals surface area (Å²) in [6, 6.07) is 0. The Morgan fingerprint density at radius 3 is 1.75 bits per heavy atom. The molecular weight excluding hydrogens is 769 g/mol. The van der Waals surface area contributed by atoms with Crippen LogP contribution in [0, 0.1) is 5.41 Å². The Labute approximate surface area is 351 Å². The molecule has 2 aromatic rings. The molecule has 0 spiro atoms. The summed E-state index contributed by atoms with van der Waals surface area (Å²) in [7, 11) is 0. The molecule has 12 heteroatoms. The molecule has 4 rings (SSSR count). The summed E-state index contributed by atoms with van der Waals surface area (Å²) >= 11 is 0. The third-order valence-corrected chi connectivity index (χ3v) is 11.2. The van der Waals surface area contributed by atoms with Crippen LogP contribution in [0.15, 0.2) is 52.0 Å². The maximum absolute atomic E-state index is 14.1. The molecule has 1 aliphatic heterocycles. The van der Waals surface area contributed by atoms with Gasteiger partial charge < -0.3 is 40.5 Å². The van der Waals surface area contributed by atoms with Gasteiger partial charge in [-0.25, -0.2) is 0 Å². The molecule has 324 valence electrons. The predicted molar refractivity (Wildman–Crippen MR) is 229 cm³/mol. The van der Waals surface area contributed by atoms with Crippen molar-refractivity contribution in [3.8, 4) is 34.5 Å². The fourth-order valence-electron chi connectivity index (χ4n) is 7.64. The van der Waals surface area contributed by atoms with E-state index in [1.165, 1.54) is 13.0 Å². The molecule has 0 saturated heterocycles. The fraction of sp³-hybridized carbons (Fsp3) is 0.458. The monoisotopic (exact) mass is 828 g/mol. The molecule has 0 saturated carbocycles. The molecule has 0 amide bonds. The molecule has 1 atom stereocenters. The second-order valence-corrected chi connectivity index (χ2v) is 16.9. The molecular formula is C48H60O12. The quantitative estimate of drug-likeness (QED) is 0.0424. The lowest BCUT2D eigenvalue weighted by molar-refractivity contribution is -0.127. The van der Waals surface area contributed by atoms with E-state index in [1.807, 2.05) is 20.8 Å². The van der Waals surface area contributed by atoms with Gasteiger partial charge in [-0.05, 0) is 92.2 Å². The SMILES string of the molecule is CCCC(=O)C1=C(O)C(Cc2c(O)c(Cc3c(O)c4c(c(C(=O)CCC)c3O)OC(C)(C)C=C4)c(O)c(C(=O)CCC)c2O)=C(O)[C@@](C)(C/C=C(\C)CCC=C(C)C)C1=O. The Morgan fingerprint density at radius 2 is 1.18 bits per heavy atom. The maximum Gasteiger partial charge on any atom is 0.183 e. The molecule has 12 nitrogen and oxygen atoms in total. The molecule has 0 radical (unpaired) electrons. The second-order valence-electron chi connectivity index (χ2n) is 16.9. The predicted octanol–water partition coefficient (Wildman–Crippen LogP) is 10.2. The molecule has 7 N–H and O–H groups in total. The van der Waals surface area contributed by atoms with Crippen molar-refractivity contribution in [3.05, 3.63) is 85.4 Å². The number of carbonyl (C=O) groups excluding carboxylic acids is 4. The number of fused-ring (bicyclic) bond motifs is 1. The lowest BCUT2D eigenvalue weighted by Crippen LogP contribution is -2.39. The number of ketones is 4. The molecule has 0 bridgehead atoms. The Kier molecular flexibility index (Phi) is 14.6. The van der Waals surface area contributed by atoms with Crippen molar-refractivity contribution < 1.29 is 59.7 Å². The number of rotatable bonds is 18. The minimum absolute atomic E-state index is 0.0122. The summed E-state index contributed by atoms with van der Waals surface area (Å²) in [5.74, 6) is -8.06. The highest BCUT2D eigenvalue weighted by atomic mass is 16.5. The van der Waals surface area contributed by atoms with E-state index in [4.69, 9.17) is 4.74 Å². The van der Waals surface area contributed by atoms with E-state index in [0.717, 1.165) is 17.6 Å². The Balaban J connectivity index is 2.01. The number of ether oxygens (including phenoxy) is 1. The molecule has 2 aliphatic rings. The highest BCUT2D eigenvalue weighted by Gasteiger charge is 2.48. The number of phenols is 5. The number of aliphatic hydroxyl groups excluding tert-OH is 2. The minimum Gasteiger partial charge on any atom is -0.511 e. The van der Waals surface area contributed by atoms with Crippen molar-refractivity contribution >= 4 is 29.2 Å². The largest absolute Gasteiger partial charge is 0.511 e. The summed E-state index contributed by atoms with van der Waals surface area (Å²) in [5.41, 5.74) is -3.54. The summed E-state index contributed by atoms with van der Waals surface area (Å²) in [5, 5.41) is 82.3. The van der Waals surface area contributed by atoms with Gasteiger partial charge in [-0.3, -0.25) is 19.2 Å². The summed E-state index contributed by atoms with van der Waals surface area (Å²) < 4.78 is 6.06. The van der Waals surface area contributed by atoms with Crippen LogP contribution >= 0.6 is 0 Å². The number of Topliss-reactive ketones (excluding diaryl/α,β-unsaturated/α-hetero) is 4. The van der Waals surface area contributed by atoms with E-state index in [0.29, 0.717) is 25.7 Å². The number of hydrogen-bond acceptors (Lipinski definition) is 12. The van der Waals surface area contributed by atoms with Gasteiger partial charge in [0.25, 0.3) is 0 Å². The standard InChI is InChI=1S/C48H60O12/c1-10-14-32(49)35-40(54)29(23-28-38(52)27-20-21-47(7,8)60-44(27)36(42(28)56)33(50)15-11-2)39(53)30(41(35)55)24-31-43(57)37(34(51)16-12-3)46(59)48(9,45(31)58)22-19-26(6)18-13-17-25(4)5/h17,19-21,52-58H,10-16,18,22-24H2,1-9H3/b26-19+/t48-/m1/s1. The van der Waals surface area contributed by atoms with Gasteiger partial charge in [-0.1, -0.05) is 44.1 Å². The summed E-state index contributed by atoms with van der Waals surface area (Å²) in [6.45, 7) is 15.9. The summed E-state index contributed by atoms with van der Waals surface area (Å²) in [4.78, 5) is 54.7. The van der Waals surface area contributed by atoms with Crippen molar-refractivity contribution in [1.29, 1.82) is 0 Å². The van der Waals surface area contributed by atoms with Gasteiger partial charge in [-0.15, -0.1) is 0 Å². The van der Waals surface area contributed by atoms with Crippen LogP contribution < -0.4 is 4.74 Å². The Morgan fingerprint density at radius 1 is 0.667 bits per heavy atom. The van der Waals surface area contributed by atoms with Crippen LogP contribution in [0.2, 0.25) is 0 Å². The topological polar surface area (TPSA) is 219 Å². The molecule has 0 unspecified atom stereocenters. The van der Waals surface area contributed by atoms with Crippen LogP contribution in [0.25, 0.3) is 6.08 Å². The van der Waals surface area contributed by atoms with Gasteiger partial charge in [0.15, 0.2) is 23.1 Å². The van der Waals surface area contributed by atoms with Crippen LogP contribution in [0.5, 0.6) is 34.5 Å². The molecule has 1 aliphatic carbocycles. The van der Waals surface area contributed by atoms with Crippen LogP contribution in [-0.2, 0) is 22.4 Å². The fourth-order valence-corrected chi connectivity index (χ4v) is 7.64. The van der Waals surface area contributed by atoms with Gasteiger partial charge in [0.05, 0.1) is 11.0 Å². The van der Waals surface area contributed by atoms with Crippen molar-refractivity contribution in [2.24, 2.45) is 5.41 Å². The number of phenolic OH excluding ortho intramolecular Hbond substituents is 5. The van der Waals surface area contributed by atoms with Crippen molar-refractivity contribution in [1.82, 2.24) is 0 Å². The molecule has 60 heavy (non-hydrogen) atoms. The van der Waals surface area contributed by atoms with Crippen molar-refractivity contribution in [3.63, 3.8) is 0 Å². The first-order chi connectivity index (χ1) is 28.1. The third kappa shape index (κ3) is 9.17. The third-order valence-electron chi connectivity index (χ3n) is 11.2. The minimum atomic E-state index is -1.77. The van der Waals surface area contributed by atoms with Gasteiger partial charge in [0.1, 0.15) is 68.3 Å². The smallest absolute Gasteiger partial charge is 0.183 e. The van der Waals surface area contributed by atoms with E-state index >= 15 is 0 Å². The average molecular weight is 829 g/mol. The Hall–Kier alpha value is -5.78. The maximum atomic E-state index is 14.1. The zero-order chi connectivity index (χ0) is 45.0. The van der Waals surface area contributed by atoms with E-state index in [9.17, 15) is 54.9 Å². The van der Waals surface area contributed by atoms with E-state index in [1.54, 1.807) is 46.8 Å². The van der Waals surface area contributed by atoms with Gasteiger partial charge in [0.2, 0.25) is 0 Å². The number of aromatic hydroxyl groups is 5. The average Bonchev–Trinajstić information content (AvgIpc) is 3.15. The number of benzene rings is 2. The number of hydrogen-bond donors (Lipinski definition) is 7. The molecule has 0 aromatic heterocycles. The zero-order valence-electron chi connectivity index (χ0n) is 36.3. The second kappa shape index (κ2) is 18.6. The van der Waals surface area contributed by atoms with E-state index < -0.39 is 110 Å². The zero-order valence-corrected chi connectivity index (χ0v) is 36.3. The lowest BCUT2D eigenvalue weighted by Gasteiger charge is -2.34. The first-order valence-electron chi connectivity index (χ1n) is 20.6. The molecule has 2 aromatic carbocycles. The first kappa shape index (κ1) is 46.9. The first-order valence-corrected chi connectivity index (χ1v) is 20.6. The van der Waals surface area contributed by atoms with Crippen molar-refractivity contribution in [2.75, 3.05) is 0 Å². The van der Waals surface area contributed by atoms with E-state index in [-0.39, 0.29) is 53.7 Å². The number of aliphatic hydroxyl groups is 2. The van der Waals surface area contributed by atoms with Crippen LogP contribution in [0.4, 0.5) is 0 Å². The Bertz CT molecular complexity index is 2260. The van der Waals surface area contributed by atoms with Crippen LogP contribution in [0.1, 0.15) is 163 Å². The van der Waals surface area contributed by atoms with Gasteiger partial charge in [-0.2, -0.15) is 0 Å². The lowest BCUT2D eigenvalue weighted by atomic mass is 9.69. The van der Waals surface area contributed by atoms with E-state index in [2.05, 4.69) is 6.08 Å². The van der Waals surface area contributed by atoms with Crippen LogP contribution in [-0.4, -0.2) is 64.5 Å². The molecule has 0 fully saturated rings.